The van der Waals surface area contributed by atoms with Crippen molar-refractivity contribution in [2.75, 3.05) is 19.6 Å². The minimum absolute atomic E-state index is 0. The van der Waals surface area contributed by atoms with Gasteiger partial charge in [0.25, 0.3) is 5.91 Å². The van der Waals surface area contributed by atoms with Gasteiger partial charge in [-0.05, 0) is 38.2 Å². The summed E-state index contributed by atoms with van der Waals surface area (Å²) in [6.45, 7) is 6.52. The number of halogens is 1. The maximum atomic E-state index is 13.0. The van der Waals surface area contributed by atoms with Crippen molar-refractivity contribution in [2.24, 2.45) is 11.7 Å². The molecule has 28 heavy (non-hydrogen) atoms. The fourth-order valence-electron chi connectivity index (χ4n) is 3.95. The van der Waals surface area contributed by atoms with Crippen LogP contribution in [0.4, 0.5) is 4.79 Å². The number of benzene rings is 1. The van der Waals surface area contributed by atoms with Gasteiger partial charge in [-0.3, -0.25) is 14.5 Å². The number of aryl methyl sites for hydroxylation is 1. The summed E-state index contributed by atoms with van der Waals surface area (Å²) >= 11 is 0. The maximum Gasteiger partial charge on any atom is 0.325 e. The Morgan fingerprint density at radius 3 is 2.54 bits per heavy atom. The van der Waals surface area contributed by atoms with E-state index in [1.807, 2.05) is 31.2 Å². The molecule has 154 valence electrons. The largest absolute Gasteiger partial charge is 0.337 e. The second-order valence-electron chi connectivity index (χ2n) is 7.92. The van der Waals surface area contributed by atoms with Crippen LogP contribution < -0.4 is 11.1 Å². The highest BCUT2D eigenvalue weighted by Gasteiger charge is 2.50. The van der Waals surface area contributed by atoms with Gasteiger partial charge in [-0.25, -0.2) is 4.79 Å². The van der Waals surface area contributed by atoms with Crippen molar-refractivity contribution in [3.8, 4) is 0 Å². The average molecular weight is 409 g/mol. The summed E-state index contributed by atoms with van der Waals surface area (Å²) in [5.74, 6) is -0.113. The standard InChI is InChI=1S/C20H28N4O3.ClH/c1-13-4-6-15(7-5-13)20(3)18(26)24(19(27)22-20)12-17(25)23-9-8-14(2)10-16(23)11-21;/h4-7,14,16H,8-12,21H2,1-3H3,(H,22,27);1H. The molecule has 0 spiro atoms. The molecule has 3 unspecified atom stereocenters. The second kappa shape index (κ2) is 8.49. The van der Waals surface area contributed by atoms with E-state index in [1.54, 1.807) is 11.8 Å². The van der Waals surface area contributed by atoms with Crippen LogP contribution in [0.3, 0.4) is 0 Å². The van der Waals surface area contributed by atoms with E-state index in [-0.39, 0.29) is 30.9 Å². The molecule has 2 aliphatic heterocycles. The molecule has 0 aliphatic carbocycles. The first kappa shape index (κ1) is 22.2. The van der Waals surface area contributed by atoms with Gasteiger partial charge in [0.2, 0.25) is 5.91 Å². The summed E-state index contributed by atoms with van der Waals surface area (Å²) < 4.78 is 0. The molecule has 3 atom stereocenters. The molecular weight excluding hydrogens is 380 g/mol. The van der Waals surface area contributed by atoms with E-state index >= 15 is 0 Å². The molecule has 7 nitrogen and oxygen atoms in total. The molecule has 1 aromatic rings. The lowest BCUT2D eigenvalue weighted by atomic mass is 9.91. The number of hydrogen-bond donors (Lipinski definition) is 2. The van der Waals surface area contributed by atoms with Gasteiger partial charge >= 0.3 is 6.03 Å². The van der Waals surface area contributed by atoms with Crippen LogP contribution in [-0.4, -0.2) is 53.3 Å². The number of nitrogens with one attached hydrogen (secondary N) is 1. The zero-order chi connectivity index (χ0) is 19.8. The summed E-state index contributed by atoms with van der Waals surface area (Å²) in [6.07, 6.45) is 1.76. The highest BCUT2D eigenvalue weighted by molar-refractivity contribution is 6.09. The number of nitrogens with zero attached hydrogens (tertiary/aromatic N) is 2. The minimum atomic E-state index is -1.16. The lowest BCUT2D eigenvalue weighted by Gasteiger charge is -2.38. The number of nitrogens with two attached hydrogens (primary N) is 1. The maximum absolute atomic E-state index is 13.0. The fourth-order valence-corrected chi connectivity index (χ4v) is 3.95. The van der Waals surface area contributed by atoms with Crippen LogP contribution in [0.5, 0.6) is 0 Å². The van der Waals surface area contributed by atoms with Gasteiger partial charge in [0.15, 0.2) is 0 Å². The summed E-state index contributed by atoms with van der Waals surface area (Å²) in [6, 6.07) is 6.88. The van der Waals surface area contributed by atoms with Gasteiger partial charge in [-0.15, -0.1) is 12.4 Å². The summed E-state index contributed by atoms with van der Waals surface area (Å²) in [5, 5.41) is 2.75. The molecule has 3 rings (SSSR count). The predicted octanol–water partition coefficient (Wildman–Crippen LogP) is 1.77. The molecule has 2 heterocycles. The van der Waals surface area contributed by atoms with Crippen LogP contribution in [0.15, 0.2) is 24.3 Å². The van der Waals surface area contributed by atoms with Gasteiger partial charge in [0.05, 0.1) is 0 Å². The number of amides is 4. The van der Waals surface area contributed by atoms with Crippen molar-refractivity contribution in [3.05, 3.63) is 35.4 Å². The lowest BCUT2D eigenvalue weighted by Crippen LogP contribution is -2.53. The van der Waals surface area contributed by atoms with Crippen molar-refractivity contribution in [1.29, 1.82) is 0 Å². The topological polar surface area (TPSA) is 95.7 Å². The van der Waals surface area contributed by atoms with Crippen LogP contribution in [0.25, 0.3) is 0 Å². The smallest absolute Gasteiger partial charge is 0.325 e. The van der Waals surface area contributed by atoms with Crippen LogP contribution in [0.2, 0.25) is 0 Å². The van der Waals surface area contributed by atoms with E-state index in [0.717, 1.165) is 23.3 Å². The van der Waals surface area contributed by atoms with Gasteiger partial charge in [-0.1, -0.05) is 36.8 Å². The van der Waals surface area contributed by atoms with Gasteiger partial charge < -0.3 is 16.0 Å². The molecular formula is C20H29ClN4O3. The first-order valence-corrected chi connectivity index (χ1v) is 9.47. The van der Waals surface area contributed by atoms with E-state index in [9.17, 15) is 14.4 Å². The number of carbonyl (C=O) groups excluding carboxylic acids is 3. The van der Waals surface area contributed by atoms with Gasteiger partial charge in [-0.2, -0.15) is 0 Å². The second-order valence-corrected chi connectivity index (χ2v) is 7.92. The predicted molar refractivity (Wildman–Crippen MR) is 109 cm³/mol. The molecule has 8 heteroatoms. The first-order valence-electron chi connectivity index (χ1n) is 9.47. The van der Waals surface area contributed by atoms with E-state index in [2.05, 4.69) is 12.2 Å². The number of likely N-dealkylation sites (tertiary alicyclic amines) is 1. The van der Waals surface area contributed by atoms with Crippen molar-refractivity contribution in [1.82, 2.24) is 15.1 Å². The van der Waals surface area contributed by atoms with Crippen LogP contribution in [-0.2, 0) is 15.1 Å². The Morgan fingerprint density at radius 2 is 1.93 bits per heavy atom. The Hall–Kier alpha value is -2.12. The Balaban J connectivity index is 0.00000280. The third kappa shape index (κ3) is 4.00. The van der Waals surface area contributed by atoms with E-state index in [1.165, 1.54) is 0 Å². The molecule has 3 N–H and O–H groups in total. The monoisotopic (exact) mass is 408 g/mol. The van der Waals surface area contributed by atoms with Crippen LogP contribution >= 0.6 is 12.4 Å². The van der Waals surface area contributed by atoms with Crippen LogP contribution in [0, 0.1) is 12.8 Å². The van der Waals surface area contributed by atoms with E-state index in [4.69, 9.17) is 5.73 Å². The van der Waals surface area contributed by atoms with Gasteiger partial charge in [0.1, 0.15) is 12.1 Å². The van der Waals surface area contributed by atoms with Crippen LogP contribution in [0.1, 0.15) is 37.8 Å². The molecule has 4 amide bonds. The number of hydrogen-bond acceptors (Lipinski definition) is 4. The molecule has 0 bridgehead atoms. The molecule has 2 saturated heterocycles. The minimum Gasteiger partial charge on any atom is -0.337 e. The van der Waals surface area contributed by atoms with Crippen molar-refractivity contribution in [2.45, 2.75) is 45.2 Å². The van der Waals surface area contributed by atoms with Gasteiger partial charge in [0, 0.05) is 19.1 Å². The lowest BCUT2D eigenvalue weighted by molar-refractivity contribution is -0.141. The summed E-state index contributed by atoms with van der Waals surface area (Å²) in [4.78, 5) is 41.0. The molecule has 0 saturated carbocycles. The highest BCUT2D eigenvalue weighted by atomic mass is 35.5. The van der Waals surface area contributed by atoms with Crippen molar-refractivity contribution in [3.63, 3.8) is 0 Å². The molecule has 0 aromatic heterocycles. The Bertz CT molecular complexity index is 754. The Morgan fingerprint density at radius 1 is 1.29 bits per heavy atom. The molecule has 1 aromatic carbocycles. The third-order valence-corrected chi connectivity index (χ3v) is 5.77. The third-order valence-electron chi connectivity index (χ3n) is 5.77. The zero-order valence-corrected chi connectivity index (χ0v) is 17.4. The number of imide groups is 1. The number of urea groups is 1. The molecule has 2 aliphatic rings. The summed E-state index contributed by atoms with van der Waals surface area (Å²) in [5.41, 5.74) is 6.45. The molecule has 0 radical (unpaired) electrons. The molecule has 2 fully saturated rings. The first-order chi connectivity index (χ1) is 12.8. The number of piperidine rings is 1. The van der Waals surface area contributed by atoms with E-state index < -0.39 is 17.5 Å². The SMILES string of the molecule is Cc1ccc(C2(C)NC(=O)N(CC(=O)N3CCC(C)CC3CN)C2=O)cc1.Cl. The van der Waals surface area contributed by atoms with Crippen molar-refractivity contribution < 1.29 is 14.4 Å². The number of carbonyl (C=O) groups is 3. The number of rotatable bonds is 4. The Labute approximate surface area is 172 Å². The zero-order valence-electron chi connectivity index (χ0n) is 16.6. The normalized spacial score (nSPS) is 27.4. The fraction of sp³-hybridized carbons (Fsp3) is 0.550. The quantitative estimate of drug-likeness (QED) is 0.742. The average Bonchev–Trinajstić information content (AvgIpc) is 2.86. The van der Waals surface area contributed by atoms with Crippen molar-refractivity contribution >= 4 is 30.3 Å². The Kier molecular flexibility index (Phi) is 6.72. The van der Waals surface area contributed by atoms with E-state index in [0.29, 0.717) is 24.6 Å². The summed E-state index contributed by atoms with van der Waals surface area (Å²) in [7, 11) is 0. The highest BCUT2D eigenvalue weighted by Crippen LogP contribution is 2.29.